The fourth-order valence-electron chi connectivity index (χ4n) is 2.88. The predicted molar refractivity (Wildman–Crippen MR) is 89.0 cm³/mol. The maximum atomic E-state index is 13.9. The van der Waals surface area contributed by atoms with Crippen molar-refractivity contribution in [1.82, 2.24) is 20.3 Å². The molecule has 1 aliphatic rings. The first-order chi connectivity index (χ1) is 12.1. The van der Waals surface area contributed by atoms with E-state index in [0.717, 1.165) is 32.8 Å². The lowest BCUT2D eigenvalue weighted by Crippen LogP contribution is -3.14. The predicted octanol–water partition coefficient (Wildman–Crippen LogP) is -0.329. The Balaban J connectivity index is 1.55. The zero-order valence-corrected chi connectivity index (χ0v) is 14.2. The molecule has 1 aliphatic heterocycles. The Morgan fingerprint density at radius 2 is 2.16 bits per heavy atom. The minimum Gasteiger partial charge on any atom is -0.370 e. The summed E-state index contributed by atoms with van der Waals surface area (Å²) in [6.45, 7) is 6.71. The topological polar surface area (TPSA) is 73.5 Å². The number of rotatable bonds is 6. The summed E-state index contributed by atoms with van der Waals surface area (Å²) in [6, 6.07) is 6.18. The molecule has 2 aromatic rings. The number of nitrogens with zero attached hydrogens (tertiary/aromatic N) is 3. The molecule has 0 bridgehead atoms. The van der Waals surface area contributed by atoms with Crippen LogP contribution >= 0.6 is 0 Å². The highest BCUT2D eigenvalue weighted by atomic mass is 19.1. The third kappa shape index (κ3) is 4.40. The first-order valence-electron chi connectivity index (χ1n) is 8.51. The average Bonchev–Trinajstić information content (AvgIpc) is 3.13. The lowest BCUT2D eigenvalue weighted by molar-refractivity contribution is -0.906. The Hall–Kier alpha value is -2.32. The fraction of sp³-hybridized carbons (Fsp3) is 0.471. The van der Waals surface area contributed by atoms with Crippen LogP contribution in [0.25, 0.3) is 0 Å². The van der Waals surface area contributed by atoms with Crippen LogP contribution in [0.3, 0.4) is 0 Å². The van der Waals surface area contributed by atoms with Gasteiger partial charge >= 0.3 is 0 Å². The van der Waals surface area contributed by atoms with Crippen LogP contribution in [-0.2, 0) is 4.74 Å². The Labute approximate surface area is 145 Å². The van der Waals surface area contributed by atoms with Crippen molar-refractivity contribution < 1.29 is 18.8 Å². The van der Waals surface area contributed by atoms with Crippen molar-refractivity contribution in [3.8, 4) is 0 Å². The molecule has 3 rings (SSSR count). The second-order valence-corrected chi connectivity index (χ2v) is 6.15. The number of carbonyl (C=O) groups excluding carboxylic acids is 1. The zero-order valence-electron chi connectivity index (χ0n) is 14.2. The standard InChI is InChI=1S/C17H22FN5O2/c1-13(14-4-2-3-5-15(14)18)23-12-16(20-21-23)17(24)19-6-7-22-8-10-25-11-9-22/h2-5,12-13H,6-11H2,1H3,(H,19,24)/p+1/t13-/m0/s1. The van der Waals surface area contributed by atoms with Crippen molar-refractivity contribution in [2.75, 3.05) is 39.4 Å². The van der Waals surface area contributed by atoms with Gasteiger partial charge in [-0.1, -0.05) is 23.4 Å². The van der Waals surface area contributed by atoms with Gasteiger partial charge in [0, 0.05) is 5.56 Å². The van der Waals surface area contributed by atoms with Crippen LogP contribution in [0.5, 0.6) is 0 Å². The summed E-state index contributed by atoms with van der Waals surface area (Å²) in [5, 5.41) is 10.7. The van der Waals surface area contributed by atoms with E-state index in [-0.39, 0.29) is 23.5 Å². The summed E-state index contributed by atoms with van der Waals surface area (Å²) < 4.78 is 20.7. The molecule has 0 radical (unpaired) electrons. The molecule has 8 heteroatoms. The van der Waals surface area contributed by atoms with E-state index in [4.69, 9.17) is 4.74 Å². The van der Waals surface area contributed by atoms with Crippen LogP contribution in [0.1, 0.15) is 29.0 Å². The van der Waals surface area contributed by atoms with Gasteiger partial charge in [0.05, 0.1) is 38.5 Å². The van der Waals surface area contributed by atoms with Crippen LogP contribution in [0, 0.1) is 5.82 Å². The molecule has 1 aromatic heterocycles. The van der Waals surface area contributed by atoms with Crippen molar-refractivity contribution in [2.45, 2.75) is 13.0 Å². The van der Waals surface area contributed by atoms with Crippen LogP contribution < -0.4 is 10.2 Å². The van der Waals surface area contributed by atoms with Crippen LogP contribution in [0.4, 0.5) is 4.39 Å². The van der Waals surface area contributed by atoms with E-state index >= 15 is 0 Å². The number of hydrogen-bond acceptors (Lipinski definition) is 4. The van der Waals surface area contributed by atoms with E-state index in [2.05, 4.69) is 15.6 Å². The first-order valence-corrected chi connectivity index (χ1v) is 8.51. The van der Waals surface area contributed by atoms with Crippen molar-refractivity contribution in [3.63, 3.8) is 0 Å². The van der Waals surface area contributed by atoms with Gasteiger partial charge in [0.1, 0.15) is 18.9 Å². The van der Waals surface area contributed by atoms with Gasteiger partial charge in [0.25, 0.3) is 5.91 Å². The van der Waals surface area contributed by atoms with Crippen molar-refractivity contribution >= 4 is 5.91 Å². The maximum absolute atomic E-state index is 13.9. The molecule has 1 amide bonds. The molecule has 1 aromatic carbocycles. The van der Waals surface area contributed by atoms with Gasteiger partial charge in [-0.25, -0.2) is 9.07 Å². The Morgan fingerprint density at radius 3 is 2.92 bits per heavy atom. The number of carbonyl (C=O) groups is 1. The molecule has 2 heterocycles. The van der Waals surface area contributed by atoms with Gasteiger partial charge in [0.15, 0.2) is 5.69 Å². The summed E-state index contributed by atoms with van der Waals surface area (Å²) in [6.07, 6.45) is 1.55. The second-order valence-electron chi connectivity index (χ2n) is 6.15. The number of benzene rings is 1. The minimum atomic E-state index is -0.340. The molecular weight excluding hydrogens is 325 g/mol. The lowest BCUT2D eigenvalue weighted by Gasteiger charge is -2.23. The van der Waals surface area contributed by atoms with Gasteiger partial charge in [-0.05, 0) is 13.0 Å². The molecule has 7 nitrogen and oxygen atoms in total. The lowest BCUT2D eigenvalue weighted by atomic mass is 10.1. The van der Waals surface area contributed by atoms with Gasteiger partial charge in [-0.3, -0.25) is 4.79 Å². The minimum absolute atomic E-state index is 0.236. The number of hydrogen-bond donors (Lipinski definition) is 2. The fourth-order valence-corrected chi connectivity index (χ4v) is 2.88. The molecule has 134 valence electrons. The number of quaternary nitrogens is 1. The molecule has 1 atom stereocenters. The largest absolute Gasteiger partial charge is 0.370 e. The van der Waals surface area contributed by atoms with E-state index in [1.54, 1.807) is 24.4 Å². The van der Waals surface area contributed by atoms with Crippen molar-refractivity contribution in [1.29, 1.82) is 0 Å². The quantitative estimate of drug-likeness (QED) is 0.750. The monoisotopic (exact) mass is 348 g/mol. The number of aromatic nitrogens is 3. The van der Waals surface area contributed by atoms with E-state index in [0.29, 0.717) is 12.1 Å². The van der Waals surface area contributed by atoms with Crippen molar-refractivity contribution in [3.05, 3.63) is 47.5 Å². The Bertz CT molecular complexity index is 715. The molecule has 0 aliphatic carbocycles. The van der Waals surface area contributed by atoms with E-state index in [1.165, 1.54) is 15.6 Å². The van der Waals surface area contributed by atoms with Gasteiger partial charge < -0.3 is 15.0 Å². The highest BCUT2D eigenvalue weighted by Crippen LogP contribution is 2.19. The average molecular weight is 348 g/mol. The van der Waals surface area contributed by atoms with Crippen LogP contribution in [0.15, 0.2) is 30.5 Å². The maximum Gasteiger partial charge on any atom is 0.273 e. The number of halogens is 1. The van der Waals surface area contributed by atoms with E-state index in [9.17, 15) is 9.18 Å². The number of nitrogens with one attached hydrogen (secondary N) is 2. The molecule has 25 heavy (non-hydrogen) atoms. The van der Waals surface area contributed by atoms with Gasteiger partial charge in [-0.15, -0.1) is 5.10 Å². The first kappa shape index (κ1) is 17.5. The summed E-state index contributed by atoms with van der Waals surface area (Å²) in [5.41, 5.74) is 0.746. The number of morpholine rings is 1. The summed E-state index contributed by atoms with van der Waals surface area (Å²) in [5.74, 6) is -0.565. The SMILES string of the molecule is C[C@@H](c1ccccc1F)n1cc(C(=O)NCC[NH+]2CCOCC2)nn1. The highest BCUT2D eigenvalue weighted by Gasteiger charge is 2.18. The summed E-state index contributed by atoms with van der Waals surface area (Å²) in [7, 11) is 0. The summed E-state index contributed by atoms with van der Waals surface area (Å²) in [4.78, 5) is 13.6. The summed E-state index contributed by atoms with van der Waals surface area (Å²) >= 11 is 0. The third-order valence-corrected chi connectivity index (χ3v) is 4.46. The van der Waals surface area contributed by atoms with Crippen LogP contribution in [-0.4, -0.2) is 60.3 Å². The number of ether oxygens (including phenoxy) is 1. The Morgan fingerprint density at radius 1 is 1.40 bits per heavy atom. The van der Waals surface area contributed by atoms with Crippen LogP contribution in [0.2, 0.25) is 0 Å². The second kappa shape index (κ2) is 8.17. The zero-order chi connectivity index (χ0) is 17.6. The number of amides is 1. The molecule has 0 spiro atoms. The molecule has 1 fully saturated rings. The molecule has 1 saturated heterocycles. The highest BCUT2D eigenvalue weighted by molar-refractivity contribution is 5.91. The van der Waals surface area contributed by atoms with Gasteiger partial charge in [0.2, 0.25) is 0 Å². The van der Waals surface area contributed by atoms with E-state index < -0.39 is 0 Å². The normalized spacial score (nSPS) is 16.6. The van der Waals surface area contributed by atoms with Gasteiger partial charge in [-0.2, -0.15) is 0 Å². The molecular formula is C17H23FN5O2+. The molecule has 2 N–H and O–H groups in total. The van der Waals surface area contributed by atoms with E-state index in [1.807, 2.05) is 6.92 Å². The van der Waals surface area contributed by atoms with Crippen molar-refractivity contribution in [2.24, 2.45) is 0 Å². The smallest absolute Gasteiger partial charge is 0.273 e. The Kier molecular flexibility index (Phi) is 5.72. The third-order valence-electron chi connectivity index (χ3n) is 4.46. The molecule has 0 saturated carbocycles. The molecule has 0 unspecified atom stereocenters.